The van der Waals surface area contributed by atoms with Gasteiger partial charge in [-0.3, -0.25) is 14.9 Å². The van der Waals surface area contributed by atoms with Gasteiger partial charge in [-0.05, 0) is 20.8 Å². The van der Waals surface area contributed by atoms with Crippen LogP contribution >= 0.6 is 23.1 Å². The van der Waals surface area contributed by atoms with Crippen molar-refractivity contribution in [2.75, 3.05) is 24.3 Å². The van der Waals surface area contributed by atoms with E-state index in [0.717, 1.165) is 5.01 Å². The molecule has 0 bridgehead atoms. The van der Waals surface area contributed by atoms with Crippen LogP contribution in [0.2, 0.25) is 0 Å². The number of rotatable bonds is 9. The Labute approximate surface area is 158 Å². The van der Waals surface area contributed by atoms with E-state index in [2.05, 4.69) is 15.5 Å². The summed E-state index contributed by atoms with van der Waals surface area (Å²) in [5.74, 6) is 0.123. The number of carbonyl (C=O) groups is 1. The summed E-state index contributed by atoms with van der Waals surface area (Å²) in [4.78, 5) is 22.9. The van der Waals surface area contributed by atoms with E-state index in [1.54, 1.807) is 13.8 Å². The number of ether oxygens (including phenoxy) is 2. The summed E-state index contributed by atoms with van der Waals surface area (Å²) in [5, 5.41) is 22.6. The smallest absolute Gasteiger partial charge is 0.314 e. The predicted molar refractivity (Wildman–Crippen MR) is 99.4 cm³/mol. The van der Waals surface area contributed by atoms with Gasteiger partial charge in [0.15, 0.2) is 10.1 Å². The Morgan fingerprint density at radius 3 is 2.54 bits per heavy atom. The summed E-state index contributed by atoms with van der Waals surface area (Å²) in [5.41, 5.74) is 0.104. The van der Waals surface area contributed by atoms with Crippen LogP contribution in [-0.4, -0.2) is 40.0 Å². The molecule has 0 saturated carbocycles. The van der Waals surface area contributed by atoms with Gasteiger partial charge < -0.3 is 14.8 Å². The molecule has 0 aliphatic rings. The first kappa shape index (κ1) is 19.9. The molecule has 1 N–H and O–H groups in total. The molecule has 2 aromatic rings. The highest BCUT2D eigenvalue weighted by atomic mass is 32.2. The molecule has 1 aromatic carbocycles. The number of benzene rings is 1. The lowest BCUT2D eigenvalue weighted by Crippen LogP contribution is -2.15. The van der Waals surface area contributed by atoms with E-state index in [0.29, 0.717) is 16.6 Å². The number of nitrogens with zero attached hydrogens (tertiary/aromatic N) is 3. The summed E-state index contributed by atoms with van der Waals surface area (Å²) < 4.78 is 11.4. The number of aryl methyl sites for hydroxylation is 1. The van der Waals surface area contributed by atoms with Crippen molar-refractivity contribution in [2.24, 2.45) is 0 Å². The van der Waals surface area contributed by atoms with Gasteiger partial charge in [-0.15, -0.1) is 10.2 Å². The van der Waals surface area contributed by atoms with Crippen LogP contribution in [0.15, 0.2) is 16.5 Å². The third-order valence-electron chi connectivity index (χ3n) is 2.97. The van der Waals surface area contributed by atoms with Crippen molar-refractivity contribution in [3.63, 3.8) is 0 Å². The van der Waals surface area contributed by atoms with Crippen LogP contribution in [0.5, 0.6) is 11.5 Å². The van der Waals surface area contributed by atoms with E-state index in [1.807, 2.05) is 6.92 Å². The molecule has 26 heavy (non-hydrogen) atoms. The van der Waals surface area contributed by atoms with E-state index in [-0.39, 0.29) is 35.5 Å². The van der Waals surface area contributed by atoms with E-state index < -0.39 is 4.92 Å². The topological polar surface area (TPSA) is 116 Å². The fraction of sp³-hybridized carbons (Fsp3) is 0.400. The number of nitrogens with one attached hydrogen (secondary N) is 1. The minimum absolute atomic E-state index is 0.0728. The molecule has 140 valence electrons. The van der Waals surface area contributed by atoms with Gasteiger partial charge in [0.2, 0.25) is 5.91 Å². The standard InChI is InChI=1S/C15H18N4O5S2/c1-4-23-12-7-11(19(21)22)13(24-5-2)6-10(12)16-14(20)8-25-15-18-17-9(3)26-15/h6-7H,4-5,8H2,1-3H3,(H,16,20). The zero-order valence-electron chi connectivity index (χ0n) is 14.5. The van der Waals surface area contributed by atoms with Crippen molar-refractivity contribution >= 4 is 40.4 Å². The lowest BCUT2D eigenvalue weighted by Gasteiger charge is -2.13. The second kappa shape index (κ2) is 9.34. The summed E-state index contributed by atoms with van der Waals surface area (Å²) in [7, 11) is 0. The van der Waals surface area contributed by atoms with Crippen molar-refractivity contribution in [2.45, 2.75) is 25.1 Å². The van der Waals surface area contributed by atoms with Crippen LogP contribution in [0.4, 0.5) is 11.4 Å². The molecule has 0 saturated heterocycles. The normalized spacial score (nSPS) is 10.4. The van der Waals surface area contributed by atoms with Crippen LogP contribution in [0.3, 0.4) is 0 Å². The van der Waals surface area contributed by atoms with E-state index >= 15 is 0 Å². The number of thioether (sulfide) groups is 1. The van der Waals surface area contributed by atoms with Gasteiger partial charge in [-0.2, -0.15) is 0 Å². The van der Waals surface area contributed by atoms with Crippen molar-refractivity contribution in [3.8, 4) is 11.5 Å². The Kier molecular flexibility index (Phi) is 7.16. The Morgan fingerprint density at radius 1 is 1.27 bits per heavy atom. The number of amides is 1. The summed E-state index contributed by atoms with van der Waals surface area (Å²) in [6.45, 7) is 5.87. The number of aromatic nitrogens is 2. The maximum Gasteiger partial charge on any atom is 0.314 e. The number of hydrogen-bond acceptors (Lipinski definition) is 9. The fourth-order valence-electron chi connectivity index (χ4n) is 1.99. The average molecular weight is 398 g/mol. The second-order valence-corrected chi connectivity index (χ2v) is 7.27. The highest BCUT2D eigenvalue weighted by molar-refractivity contribution is 8.01. The minimum atomic E-state index is -0.549. The Balaban J connectivity index is 2.18. The molecule has 1 amide bonds. The largest absolute Gasteiger partial charge is 0.491 e. The third kappa shape index (κ3) is 5.30. The molecule has 1 heterocycles. The first-order chi connectivity index (χ1) is 12.4. The zero-order valence-corrected chi connectivity index (χ0v) is 16.1. The molecule has 0 spiro atoms. The number of carbonyl (C=O) groups excluding carboxylic acids is 1. The highest BCUT2D eigenvalue weighted by Crippen LogP contribution is 2.38. The maximum atomic E-state index is 12.2. The minimum Gasteiger partial charge on any atom is -0.491 e. The molecule has 0 fully saturated rings. The third-order valence-corrected chi connectivity index (χ3v) is 4.94. The van der Waals surface area contributed by atoms with Crippen LogP contribution in [-0.2, 0) is 4.79 Å². The van der Waals surface area contributed by atoms with Gasteiger partial charge in [0.25, 0.3) is 0 Å². The van der Waals surface area contributed by atoms with Crippen molar-refractivity contribution in [3.05, 3.63) is 27.3 Å². The van der Waals surface area contributed by atoms with Crippen LogP contribution in [0.25, 0.3) is 0 Å². The SMILES string of the molecule is CCOc1cc([N+](=O)[O-])c(OCC)cc1NC(=O)CSc1nnc(C)s1. The van der Waals surface area contributed by atoms with Crippen LogP contribution < -0.4 is 14.8 Å². The molecule has 1 aromatic heterocycles. The van der Waals surface area contributed by atoms with Gasteiger partial charge in [-0.1, -0.05) is 23.1 Å². The van der Waals surface area contributed by atoms with Gasteiger partial charge in [0.1, 0.15) is 10.8 Å². The maximum absolute atomic E-state index is 12.2. The molecule has 0 aliphatic carbocycles. The van der Waals surface area contributed by atoms with Gasteiger partial charge in [-0.25, -0.2) is 0 Å². The molecule has 0 unspecified atom stereocenters. The Hall–Kier alpha value is -2.40. The quantitative estimate of drug-likeness (QED) is 0.388. The zero-order chi connectivity index (χ0) is 19.1. The lowest BCUT2D eigenvalue weighted by atomic mass is 10.2. The fourth-order valence-corrected chi connectivity index (χ4v) is 3.60. The van der Waals surface area contributed by atoms with Gasteiger partial charge in [0, 0.05) is 6.07 Å². The number of hydrogen-bond donors (Lipinski definition) is 1. The molecular formula is C15H18N4O5S2. The van der Waals surface area contributed by atoms with E-state index in [9.17, 15) is 14.9 Å². The average Bonchev–Trinajstić information content (AvgIpc) is 3.00. The van der Waals surface area contributed by atoms with Crippen LogP contribution in [0, 0.1) is 17.0 Å². The molecule has 2 rings (SSSR count). The summed E-state index contributed by atoms with van der Waals surface area (Å²) >= 11 is 2.67. The van der Waals surface area contributed by atoms with E-state index in [1.165, 1.54) is 35.2 Å². The first-order valence-electron chi connectivity index (χ1n) is 7.75. The lowest BCUT2D eigenvalue weighted by molar-refractivity contribution is -0.385. The van der Waals surface area contributed by atoms with Gasteiger partial charge in [0.05, 0.1) is 35.6 Å². The monoisotopic (exact) mass is 398 g/mol. The van der Waals surface area contributed by atoms with Crippen molar-refractivity contribution in [1.82, 2.24) is 10.2 Å². The molecule has 11 heteroatoms. The molecular weight excluding hydrogens is 380 g/mol. The van der Waals surface area contributed by atoms with Crippen molar-refractivity contribution < 1.29 is 19.2 Å². The number of anilines is 1. The molecule has 0 radical (unpaired) electrons. The highest BCUT2D eigenvalue weighted by Gasteiger charge is 2.21. The van der Waals surface area contributed by atoms with E-state index in [4.69, 9.17) is 9.47 Å². The Bertz CT molecular complexity index is 796. The van der Waals surface area contributed by atoms with Gasteiger partial charge >= 0.3 is 5.69 Å². The van der Waals surface area contributed by atoms with Crippen LogP contribution in [0.1, 0.15) is 18.9 Å². The molecule has 9 nitrogen and oxygen atoms in total. The molecule has 0 atom stereocenters. The molecule has 0 aliphatic heterocycles. The first-order valence-corrected chi connectivity index (χ1v) is 9.55. The van der Waals surface area contributed by atoms with Crippen molar-refractivity contribution in [1.29, 1.82) is 0 Å². The summed E-state index contributed by atoms with van der Waals surface area (Å²) in [6, 6.07) is 2.66. The number of nitro groups is 1. The summed E-state index contributed by atoms with van der Waals surface area (Å²) in [6.07, 6.45) is 0. The Morgan fingerprint density at radius 2 is 1.96 bits per heavy atom. The second-order valence-electron chi connectivity index (χ2n) is 4.86. The predicted octanol–water partition coefficient (Wildman–Crippen LogP) is 3.28. The number of nitro benzene ring substituents is 1.